The van der Waals surface area contributed by atoms with Crippen LogP contribution in [0.4, 0.5) is 11.4 Å². The van der Waals surface area contributed by atoms with E-state index in [0.717, 1.165) is 18.5 Å². The van der Waals surface area contributed by atoms with Crippen LogP contribution in [-0.4, -0.2) is 36.9 Å². The molecule has 0 aliphatic carbocycles. The number of hydrogen-bond acceptors (Lipinski definition) is 3. The fourth-order valence-corrected chi connectivity index (χ4v) is 2.72. The highest BCUT2D eigenvalue weighted by Crippen LogP contribution is 2.22. The lowest BCUT2D eigenvalue weighted by atomic mass is 10.0. The number of nitrogens with zero attached hydrogens (tertiary/aromatic N) is 2. The maximum atomic E-state index is 12.3. The Morgan fingerprint density at radius 1 is 1.38 bits per heavy atom. The van der Waals surface area contributed by atoms with Crippen molar-refractivity contribution in [2.75, 3.05) is 30.8 Å². The predicted octanol–water partition coefficient (Wildman–Crippen LogP) is 1.88. The first-order valence-electron chi connectivity index (χ1n) is 7.41. The van der Waals surface area contributed by atoms with Crippen molar-refractivity contribution in [2.24, 2.45) is 5.92 Å². The lowest BCUT2D eigenvalue weighted by Gasteiger charge is -2.22. The van der Waals surface area contributed by atoms with Crippen molar-refractivity contribution < 1.29 is 9.59 Å². The molecule has 0 radical (unpaired) electrons. The Bertz CT molecular complexity index is 513. The quantitative estimate of drug-likeness (QED) is 0.842. The molecule has 1 aromatic rings. The largest absolute Gasteiger partial charge is 0.399 e. The van der Waals surface area contributed by atoms with Gasteiger partial charge in [0.1, 0.15) is 6.54 Å². The highest BCUT2D eigenvalue weighted by atomic mass is 16.2. The van der Waals surface area contributed by atoms with Crippen molar-refractivity contribution in [3.05, 3.63) is 24.3 Å². The summed E-state index contributed by atoms with van der Waals surface area (Å²) in [5.41, 5.74) is 7.09. The van der Waals surface area contributed by atoms with E-state index >= 15 is 0 Å². The Morgan fingerprint density at radius 2 is 2.05 bits per heavy atom. The smallest absolute Gasteiger partial charge is 0.246 e. The van der Waals surface area contributed by atoms with Crippen LogP contribution in [-0.2, 0) is 9.59 Å². The maximum Gasteiger partial charge on any atom is 0.246 e. The molecule has 1 heterocycles. The van der Waals surface area contributed by atoms with Gasteiger partial charge in [-0.2, -0.15) is 0 Å². The number of anilines is 2. The molecule has 0 saturated carbocycles. The molecule has 1 aliphatic rings. The molecule has 21 heavy (non-hydrogen) atoms. The third-order valence-electron chi connectivity index (χ3n) is 3.97. The maximum absolute atomic E-state index is 12.3. The van der Waals surface area contributed by atoms with Gasteiger partial charge in [-0.15, -0.1) is 0 Å². The van der Waals surface area contributed by atoms with Gasteiger partial charge in [0, 0.05) is 31.4 Å². The average Bonchev–Trinajstić information content (AvgIpc) is 2.79. The zero-order chi connectivity index (χ0) is 15.4. The number of hydrogen-bond donors (Lipinski definition) is 1. The van der Waals surface area contributed by atoms with E-state index in [1.165, 1.54) is 0 Å². The van der Waals surface area contributed by atoms with Gasteiger partial charge < -0.3 is 15.5 Å². The van der Waals surface area contributed by atoms with Crippen LogP contribution in [0.1, 0.15) is 26.2 Å². The summed E-state index contributed by atoms with van der Waals surface area (Å²) in [4.78, 5) is 27.5. The van der Waals surface area contributed by atoms with Crippen LogP contribution in [0.3, 0.4) is 0 Å². The molecule has 0 spiro atoms. The summed E-state index contributed by atoms with van der Waals surface area (Å²) in [6, 6.07) is 7.13. The number of nitrogen functional groups attached to an aromatic ring is 1. The van der Waals surface area contributed by atoms with Crippen LogP contribution >= 0.6 is 0 Å². The number of rotatable bonds is 5. The van der Waals surface area contributed by atoms with E-state index in [-0.39, 0.29) is 18.4 Å². The second kappa shape index (κ2) is 6.61. The van der Waals surface area contributed by atoms with Crippen molar-refractivity contribution in [2.45, 2.75) is 26.2 Å². The normalized spacial score (nSPS) is 18.1. The Kier molecular flexibility index (Phi) is 4.83. The summed E-state index contributed by atoms with van der Waals surface area (Å²) in [5.74, 6) is 0.412. The molecule has 1 aromatic carbocycles. The molecule has 0 aromatic heterocycles. The zero-order valence-corrected chi connectivity index (χ0v) is 12.7. The molecule has 2 amide bonds. The number of likely N-dealkylation sites (tertiary alicyclic amines) is 1. The van der Waals surface area contributed by atoms with Gasteiger partial charge in [0.25, 0.3) is 0 Å². The Morgan fingerprint density at radius 3 is 2.67 bits per heavy atom. The number of amides is 2. The number of nitrogens with two attached hydrogens (primary N) is 1. The van der Waals surface area contributed by atoms with Crippen LogP contribution in [0.15, 0.2) is 24.3 Å². The molecule has 1 saturated heterocycles. The molecular weight excluding hydrogens is 266 g/mol. The van der Waals surface area contributed by atoms with Crippen molar-refractivity contribution in [1.82, 2.24) is 4.90 Å². The van der Waals surface area contributed by atoms with Crippen molar-refractivity contribution in [3.63, 3.8) is 0 Å². The molecular formula is C16H23N3O2. The molecule has 5 heteroatoms. The van der Waals surface area contributed by atoms with E-state index in [2.05, 4.69) is 6.92 Å². The minimum Gasteiger partial charge on any atom is -0.399 e. The average molecular weight is 289 g/mol. The van der Waals surface area contributed by atoms with Gasteiger partial charge >= 0.3 is 0 Å². The minimum atomic E-state index is -0.0785. The topological polar surface area (TPSA) is 66.6 Å². The van der Waals surface area contributed by atoms with E-state index in [0.29, 0.717) is 24.6 Å². The van der Waals surface area contributed by atoms with Gasteiger partial charge in [-0.3, -0.25) is 9.59 Å². The molecule has 0 bridgehead atoms. The molecule has 2 rings (SSSR count). The summed E-state index contributed by atoms with van der Waals surface area (Å²) in [6.07, 6.45) is 2.70. The minimum absolute atomic E-state index is 0.0785. The Labute approximate surface area is 125 Å². The fraction of sp³-hybridized carbons (Fsp3) is 0.500. The third-order valence-corrected chi connectivity index (χ3v) is 3.97. The van der Waals surface area contributed by atoms with Crippen LogP contribution in [0.5, 0.6) is 0 Å². The van der Waals surface area contributed by atoms with E-state index in [4.69, 9.17) is 5.73 Å². The Hall–Kier alpha value is -2.04. The summed E-state index contributed by atoms with van der Waals surface area (Å²) in [7, 11) is 1.72. The number of carbonyl (C=O) groups excluding carboxylic acids is 2. The van der Waals surface area contributed by atoms with Crippen LogP contribution in [0.2, 0.25) is 0 Å². The van der Waals surface area contributed by atoms with Gasteiger partial charge in [-0.1, -0.05) is 13.3 Å². The molecule has 114 valence electrons. The van der Waals surface area contributed by atoms with Crippen molar-refractivity contribution >= 4 is 23.2 Å². The second-order valence-corrected chi connectivity index (χ2v) is 5.68. The molecule has 1 atom stereocenters. The lowest BCUT2D eigenvalue weighted by molar-refractivity contribution is -0.132. The third kappa shape index (κ3) is 3.74. The summed E-state index contributed by atoms with van der Waals surface area (Å²) < 4.78 is 0. The lowest BCUT2D eigenvalue weighted by Crippen LogP contribution is -2.39. The van der Waals surface area contributed by atoms with E-state index < -0.39 is 0 Å². The number of likely N-dealkylation sites (N-methyl/N-ethyl adjacent to an activating group) is 1. The second-order valence-electron chi connectivity index (χ2n) is 5.68. The van der Waals surface area contributed by atoms with Crippen LogP contribution < -0.4 is 10.6 Å². The Balaban J connectivity index is 1.95. The standard InChI is InChI=1S/C16H23N3O2/c1-3-4-12-9-15(20)19(10-12)11-16(21)18(2)14-7-5-13(17)6-8-14/h5-8,12H,3-4,9-11,17H2,1-2H3. The first-order chi connectivity index (χ1) is 10.0. The molecule has 2 N–H and O–H groups in total. The van der Waals surface area contributed by atoms with Crippen LogP contribution in [0, 0.1) is 5.92 Å². The van der Waals surface area contributed by atoms with Crippen molar-refractivity contribution in [1.29, 1.82) is 0 Å². The van der Waals surface area contributed by atoms with Gasteiger partial charge in [0.05, 0.1) is 0 Å². The highest BCUT2D eigenvalue weighted by molar-refractivity contribution is 5.96. The summed E-state index contributed by atoms with van der Waals surface area (Å²) in [6.45, 7) is 2.97. The summed E-state index contributed by atoms with van der Waals surface area (Å²) >= 11 is 0. The summed E-state index contributed by atoms with van der Waals surface area (Å²) in [5, 5.41) is 0. The van der Waals surface area contributed by atoms with Crippen molar-refractivity contribution in [3.8, 4) is 0 Å². The van der Waals surface area contributed by atoms with Gasteiger partial charge in [0.2, 0.25) is 11.8 Å². The van der Waals surface area contributed by atoms with Crippen LogP contribution in [0.25, 0.3) is 0 Å². The molecule has 1 aliphatic heterocycles. The van der Waals surface area contributed by atoms with Gasteiger partial charge in [-0.25, -0.2) is 0 Å². The molecule has 1 unspecified atom stereocenters. The molecule has 1 fully saturated rings. The molecule has 5 nitrogen and oxygen atoms in total. The number of carbonyl (C=O) groups is 2. The predicted molar refractivity (Wildman–Crippen MR) is 83.9 cm³/mol. The van der Waals surface area contributed by atoms with Gasteiger partial charge in [0.15, 0.2) is 0 Å². The zero-order valence-electron chi connectivity index (χ0n) is 12.7. The monoisotopic (exact) mass is 289 g/mol. The SMILES string of the molecule is CCCC1CC(=O)N(CC(=O)N(C)c2ccc(N)cc2)C1. The number of benzene rings is 1. The van der Waals surface area contributed by atoms with E-state index in [1.54, 1.807) is 41.1 Å². The first kappa shape index (κ1) is 15.4. The van der Waals surface area contributed by atoms with Gasteiger partial charge in [-0.05, 0) is 36.6 Å². The first-order valence-corrected chi connectivity index (χ1v) is 7.41. The van der Waals surface area contributed by atoms with E-state index in [1.807, 2.05) is 0 Å². The highest BCUT2D eigenvalue weighted by Gasteiger charge is 2.30. The fourth-order valence-electron chi connectivity index (χ4n) is 2.72. The van der Waals surface area contributed by atoms with E-state index in [9.17, 15) is 9.59 Å².